The van der Waals surface area contributed by atoms with Crippen LogP contribution < -0.4 is 5.11 Å². The summed E-state index contributed by atoms with van der Waals surface area (Å²) in [5.74, 6) is -2.20. The second kappa shape index (κ2) is 3.29. The van der Waals surface area contributed by atoms with Gasteiger partial charge in [0.15, 0.2) is 4.98 Å². The van der Waals surface area contributed by atoms with Crippen LogP contribution in [0.15, 0.2) is 12.1 Å². The lowest BCUT2D eigenvalue weighted by molar-refractivity contribution is -0.268. The molecule has 0 atom stereocenters. The first kappa shape index (κ1) is 9.29. The number of halogens is 1. The molecule has 1 N–H and O–H groups in total. The quantitative estimate of drug-likeness (QED) is 0.694. The van der Waals surface area contributed by atoms with E-state index in [-0.39, 0.29) is 10.7 Å². The second-order valence-corrected chi connectivity index (χ2v) is 2.62. The van der Waals surface area contributed by atoms with Crippen molar-refractivity contribution >= 4 is 23.3 Å². The molecular formula is C7H3ClN2O3. The van der Waals surface area contributed by atoms with E-state index in [0.717, 1.165) is 12.1 Å². The molecule has 0 aliphatic rings. The summed E-state index contributed by atoms with van der Waals surface area (Å²) in [6.45, 7) is 0. The van der Waals surface area contributed by atoms with Crippen LogP contribution in [0, 0.1) is 5.39 Å². The number of carboxylic acid groups (broad SMARTS) is 1. The Bertz CT molecular complexity index is 411. The molecule has 0 aromatic heterocycles. The predicted molar refractivity (Wildman–Crippen MR) is 42.6 cm³/mol. The maximum Gasteiger partial charge on any atom is 0.387 e. The summed E-state index contributed by atoms with van der Waals surface area (Å²) in [7, 11) is 0. The Morgan fingerprint density at radius 3 is 2.69 bits per heavy atom. The minimum Gasteiger partial charge on any atom is -0.871 e. The van der Waals surface area contributed by atoms with Crippen LogP contribution in [0.3, 0.4) is 0 Å². The topological polar surface area (TPSA) is 88.5 Å². The first-order chi connectivity index (χ1) is 6.06. The lowest BCUT2D eigenvalue weighted by atomic mass is 10.2. The van der Waals surface area contributed by atoms with E-state index in [2.05, 4.69) is 4.98 Å². The normalized spacial score (nSPS) is 9.23. The number of rotatable bonds is 1. The molecule has 0 aliphatic carbocycles. The Labute approximate surface area is 77.8 Å². The third-order valence-corrected chi connectivity index (χ3v) is 1.65. The maximum absolute atomic E-state index is 11.0. The average molecular weight is 199 g/mol. The highest BCUT2D eigenvalue weighted by Crippen LogP contribution is 2.30. The van der Waals surface area contributed by atoms with Crippen LogP contribution in [0.5, 0.6) is 5.75 Å². The van der Waals surface area contributed by atoms with E-state index < -0.39 is 17.3 Å². The molecule has 0 aliphatic heterocycles. The number of carboxylic acids is 1. The highest BCUT2D eigenvalue weighted by atomic mass is 35.5. The summed E-state index contributed by atoms with van der Waals surface area (Å²) in [6.07, 6.45) is 0. The van der Waals surface area contributed by atoms with Crippen molar-refractivity contribution in [3.05, 3.63) is 27.7 Å². The fraction of sp³-hybridized carbons (Fsp3) is 0. The molecule has 0 heterocycles. The number of hydrogen-bond donors (Lipinski definition) is 1. The van der Waals surface area contributed by atoms with Gasteiger partial charge in [-0.3, -0.25) is 0 Å². The molecule has 0 fully saturated rings. The molecule has 1 aromatic carbocycles. The fourth-order valence-electron chi connectivity index (χ4n) is 0.796. The molecule has 6 heteroatoms. The summed E-state index contributed by atoms with van der Waals surface area (Å²) >= 11 is 5.39. The van der Waals surface area contributed by atoms with Gasteiger partial charge in [0.2, 0.25) is 5.39 Å². The zero-order chi connectivity index (χ0) is 10.0. The monoisotopic (exact) mass is 198 g/mol. The summed E-state index contributed by atoms with van der Waals surface area (Å²) in [5.41, 5.74) is -0.581. The van der Waals surface area contributed by atoms with Gasteiger partial charge in [0.05, 0.1) is 11.6 Å². The molecule has 13 heavy (non-hydrogen) atoms. The molecule has 0 amide bonds. The van der Waals surface area contributed by atoms with Crippen molar-refractivity contribution in [1.82, 2.24) is 0 Å². The van der Waals surface area contributed by atoms with Gasteiger partial charge < -0.3 is 10.2 Å². The van der Waals surface area contributed by atoms with Crippen LogP contribution in [0.4, 0.5) is 5.69 Å². The number of diazo groups is 1. The summed E-state index contributed by atoms with van der Waals surface area (Å²) in [6, 6.07) is 2.02. The maximum atomic E-state index is 11.0. The van der Waals surface area contributed by atoms with Gasteiger partial charge in [-0.25, -0.2) is 4.79 Å². The third kappa shape index (κ3) is 1.68. The third-order valence-electron chi connectivity index (χ3n) is 1.37. The van der Waals surface area contributed by atoms with E-state index in [1.54, 1.807) is 0 Å². The van der Waals surface area contributed by atoms with Gasteiger partial charge in [0.25, 0.3) is 0 Å². The van der Waals surface area contributed by atoms with Crippen LogP contribution in [0.1, 0.15) is 10.4 Å². The van der Waals surface area contributed by atoms with Gasteiger partial charge >= 0.3 is 11.7 Å². The first-order valence-corrected chi connectivity index (χ1v) is 3.53. The summed E-state index contributed by atoms with van der Waals surface area (Å²) < 4.78 is 0. The molecule has 0 radical (unpaired) electrons. The lowest BCUT2D eigenvalue weighted by Gasteiger charge is -2.09. The molecule has 0 bridgehead atoms. The van der Waals surface area contributed by atoms with Crippen LogP contribution in [0.2, 0.25) is 5.02 Å². The van der Waals surface area contributed by atoms with Crippen molar-refractivity contribution in [1.29, 1.82) is 5.39 Å². The lowest BCUT2D eigenvalue weighted by Crippen LogP contribution is -2.03. The van der Waals surface area contributed by atoms with Crippen molar-refractivity contribution in [3.63, 3.8) is 0 Å². The van der Waals surface area contributed by atoms with Gasteiger partial charge in [-0.15, -0.1) is 0 Å². The Hall–Kier alpha value is -1.80. The highest BCUT2D eigenvalue weighted by molar-refractivity contribution is 6.32. The molecule has 0 saturated carbocycles. The largest absolute Gasteiger partial charge is 0.871 e. The standard InChI is InChI=1S/C7H3ClN2O3/c8-5-2-3(10-9)1-4(6(5)11)7(12)13/h1-2H,(H-,11,12,13). The zero-order valence-corrected chi connectivity index (χ0v) is 6.95. The number of benzene rings is 1. The van der Waals surface area contributed by atoms with E-state index in [1.807, 2.05) is 0 Å². The second-order valence-electron chi connectivity index (χ2n) is 2.21. The fourth-order valence-corrected chi connectivity index (χ4v) is 1.01. The Balaban J connectivity index is 3.44. The van der Waals surface area contributed by atoms with Gasteiger partial charge in [-0.1, -0.05) is 17.4 Å². The number of nitrogens with zero attached hydrogens (tertiary/aromatic N) is 2. The Morgan fingerprint density at radius 1 is 1.62 bits per heavy atom. The molecule has 0 unspecified atom stereocenters. The minimum atomic E-state index is -1.41. The summed E-state index contributed by atoms with van der Waals surface area (Å²) in [4.78, 5) is 13.2. The predicted octanol–water partition coefficient (Wildman–Crippen LogP) is 1.60. The first-order valence-electron chi connectivity index (χ1n) is 3.15. The average Bonchev–Trinajstić information content (AvgIpc) is 2.09. The Morgan fingerprint density at radius 2 is 2.23 bits per heavy atom. The van der Waals surface area contributed by atoms with Crippen LogP contribution in [-0.4, -0.2) is 11.1 Å². The van der Waals surface area contributed by atoms with Crippen molar-refractivity contribution in [2.45, 2.75) is 0 Å². The Kier molecular flexibility index (Phi) is 2.35. The van der Waals surface area contributed by atoms with Crippen LogP contribution >= 0.6 is 11.6 Å². The van der Waals surface area contributed by atoms with Crippen LogP contribution in [0.25, 0.3) is 4.98 Å². The van der Waals surface area contributed by atoms with Gasteiger partial charge in [0.1, 0.15) is 0 Å². The molecule has 5 nitrogen and oxygen atoms in total. The molecule has 66 valence electrons. The number of carbonyl (C=O) groups is 1. The number of aromatic carboxylic acids is 1. The SMILES string of the molecule is N#[N+]c1cc(Cl)c([O-])c(C(=O)O)c1. The van der Waals surface area contributed by atoms with Gasteiger partial charge in [0, 0.05) is 11.1 Å². The van der Waals surface area contributed by atoms with E-state index in [1.165, 1.54) is 0 Å². The molecular weight excluding hydrogens is 196 g/mol. The van der Waals surface area contributed by atoms with E-state index in [0.29, 0.717) is 0 Å². The van der Waals surface area contributed by atoms with Crippen molar-refractivity contribution in [3.8, 4) is 5.75 Å². The molecule has 0 spiro atoms. The smallest absolute Gasteiger partial charge is 0.387 e. The van der Waals surface area contributed by atoms with Crippen molar-refractivity contribution in [2.75, 3.05) is 0 Å². The van der Waals surface area contributed by atoms with Crippen molar-refractivity contribution in [2.24, 2.45) is 0 Å². The van der Waals surface area contributed by atoms with Crippen molar-refractivity contribution < 1.29 is 15.0 Å². The minimum absolute atomic E-state index is 0.0676. The summed E-state index contributed by atoms with van der Waals surface area (Å²) in [5, 5.41) is 27.6. The van der Waals surface area contributed by atoms with E-state index in [9.17, 15) is 9.90 Å². The van der Waals surface area contributed by atoms with Gasteiger partial charge in [-0.05, 0) is 0 Å². The highest BCUT2D eigenvalue weighted by Gasteiger charge is 2.14. The zero-order valence-electron chi connectivity index (χ0n) is 6.19. The number of hydrogen-bond acceptors (Lipinski definition) is 3. The molecule has 0 saturated heterocycles. The molecule has 1 aromatic rings. The molecule has 1 rings (SSSR count). The van der Waals surface area contributed by atoms with E-state index in [4.69, 9.17) is 22.1 Å². The van der Waals surface area contributed by atoms with Crippen LogP contribution in [-0.2, 0) is 0 Å². The van der Waals surface area contributed by atoms with E-state index >= 15 is 0 Å². The van der Waals surface area contributed by atoms with Gasteiger partial charge in [-0.2, -0.15) is 0 Å².